The summed E-state index contributed by atoms with van der Waals surface area (Å²) in [5, 5.41) is 3.84. The normalized spacial score (nSPS) is 16.3. The van der Waals surface area contributed by atoms with Crippen LogP contribution in [0.25, 0.3) is 21.8 Å². The Labute approximate surface area is 220 Å². The maximum absolute atomic E-state index is 13.9. The molecule has 4 aromatic rings. The lowest BCUT2D eigenvalue weighted by molar-refractivity contribution is 0.102. The summed E-state index contributed by atoms with van der Waals surface area (Å²) in [4.78, 5) is 43.2. The maximum atomic E-state index is 13.9. The monoisotopic (exact) mass is 539 g/mol. The van der Waals surface area contributed by atoms with Gasteiger partial charge in [-0.1, -0.05) is 11.3 Å². The number of amides is 1. The first-order chi connectivity index (χ1) is 18.5. The number of thiazole rings is 1. The second-order valence-corrected chi connectivity index (χ2v) is 10.3. The first-order valence-electron chi connectivity index (χ1n) is 12.5. The number of aromatic nitrogens is 4. The van der Waals surface area contributed by atoms with Gasteiger partial charge >= 0.3 is 0 Å². The molecule has 6 heterocycles. The molecule has 6 rings (SSSR count). The molecular weight excluding hydrogens is 513 g/mol. The van der Waals surface area contributed by atoms with E-state index in [-0.39, 0.29) is 17.1 Å². The van der Waals surface area contributed by atoms with Crippen molar-refractivity contribution in [2.24, 2.45) is 7.05 Å². The van der Waals surface area contributed by atoms with Gasteiger partial charge in [0.05, 0.1) is 29.2 Å². The number of anilines is 3. The predicted molar refractivity (Wildman–Crippen MR) is 142 cm³/mol. The van der Waals surface area contributed by atoms with Gasteiger partial charge in [0, 0.05) is 39.4 Å². The minimum absolute atomic E-state index is 0.0252. The number of hydrogen-bond donors (Lipinski definition) is 1. The van der Waals surface area contributed by atoms with Gasteiger partial charge in [-0.3, -0.25) is 9.59 Å². The van der Waals surface area contributed by atoms with E-state index in [9.17, 15) is 14.0 Å². The molecule has 0 bridgehead atoms. The number of nitrogens with one attached hydrogen (secondary N) is 1. The highest BCUT2D eigenvalue weighted by Gasteiger charge is 2.23. The number of pyridine rings is 2. The Morgan fingerprint density at radius 2 is 1.84 bits per heavy atom. The highest BCUT2D eigenvalue weighted by atomic mass is 32.1. The van der Waals surface area contributed by atoms with Gasteiger partial charge in [-0.05, 0) is 31.4 Å². The minimum Gasteiger partial charge on any atom is -0.444 e. The highest BCUT2D eigenvalue weighted by molar-refractivity contribution is 7.22. The average Bonchev–Trinajstić information content (AvgIpc) is 3.60. The van der Waals surface area contributed by atoms with Gasteiger partial charge < -0.3 is 28.8 Å². The summed E-state index contributed by atoms with van der Waals surface area (Å²) < 4.78 is 26.8. The topological polar surface area (TPSA) is 119 Å². The summed E-state index contributed by atoms with van der Waals surface area (Å²) in [5.41, 5.74) is 0.736. The number of aryl methyl sites for hydroxylation is 1. The van der Waals surface area contributed by atoms with E-state index in [1.54, 1.807) is 0 Å². The Bertz CT molecular complexity index is 1530. The van der Waals surface area contributed by atoms with Crippen LogP contribution >= 0.6 is 11.3 Å². The number of carbonyl (C=O) groups is 1. The molecule has 1 N–H and O–H groups in total. The van der Waals surface area contributed by atoms with E-state index in [4.69, 9.17) is 19.1 Å². The molecule has 0 aromatic carbocycles. The molecule has 0 saturated carbocycles. The van der Waals surface area contributed by atoms with E-state index >= 15 is 0 Å². The molecule has 0 radical (unpaired) electrons. The molecule has 2 saturated heterocycles. The van der Waals surface area contributed by atoms with Crippen molar-refractivity contribution in [2.75, 3.05) is 54.5 Å². The lowest BCUT2D eigenvalue weighted by Gasteiger charge is -2.29. The largest absolute Gasteiger partial charge is 0.444 e. The standard InChI is InChI=1S/C25H26FN7O4S/c1-31-13-15(11-16(26)24(31)35)23-28-18(14-37-23)22(34)27-17-12-19-20(29-21(17)32-5-3-2-4-6-32)30-25(38-19)33-7-9-36-10-8-33/h11-14H,2-10H2,1H3,(H,27,34). The van der Waals surface area contributed by atoms with Gasteiger partial charge in [0.1, 0.15) is 6.26 Å². The minimum atomic E-state index is -0.930. The number of oxazole rings is 1. The Kier molecular flexibility index (Phi) is 6.54. The van der Waals surface area contributed by atoms with Gasteiger partial charge in [0.2, 0.25) is 5.89 Å². The number of piperidine rings is 1. The Balaban J connectivity index is 1.31. The zero-order valence-electron chi connectivity index (χ0n) is 20.8. The Morgan fingerprint density at radius 1 is 1.05 bits per heavy atom. The molecule has 2 fully saturated rings. The molecule has 2 aliphatic rings. The van der Waals surface area contributed by atoms with E-state index in [2.05, 4.69) is 20.1 Å². The number of nitrogens with zero attached hydrogens (tertiary/aromatic N) is 6. The fraction of sp³-hybridized carbons (Fsp3) is 0.400. The van der Waals surface area contributed by atoms with Crippen molar-refractivity contribution in [3.8, 4) is 11.5 Å². The lowest BCUT2D eigenvalue weighted by atomic mass is 10.1. The van der Waals surface area contributed by atoms with Crippen molar-refractivity contribution in [1.29, 1.82) is 0 Å². The molecule has 0 atom stereocenters. The van der Waals surface area contributed by atoms with Crippen LogP contribution in [0.1, 0.15) is 29.8 Å². The van der Waals surface area contributed by atoms with Gasteiger partial charge in [-0.15, -0.1) is 0 Å². The van der Waals surface area contributed by atoms with Crippen LogP contribution in [0.3, 0.4) is 0 Å². The van der Waals surface area contributed by atoms with E-state index < -0.39 is 17.3 Å². The number of rotatable bonds is 5. The number of fused-ring (bicyclic) bond motifs is 1. The van der Waals surface area contributed by atoms with E-state index in [1.165, 1.54) is 30.8 Å². The molecule has 198 valence electrons. The van der Waals surface area contributed by atoms with Crippen molar-refractivity contribution in [2.45, 2.75) is 19.3 Å². The third kappa shape index (κ3) is 4.74. The van der Waals surface area contributed by atoms with E-state index in [0.717, 1.165) is 65.9 Å². The molecule has 2 aliphatic heterocycles. The average molecular weight is 540 g/mol. The van der Waals surface area contributed by atoms with Crippen LogP contribution in [0.4, 0.5) is 21.0 Å². The van der Waals surface area contributed by atoms with Crippen LogP contribution in [-0.2, 0) is 11.8 Å². The van der Waals surface area contributed by atoms with Gasteiger partial charge in [-0.25, -0.2) is 14.4 Å². The van der Waals surface area contributed by atoms with Crippen LogP contribution in [-0.4, -0.2) is 64.8 Å². The zero-order valence-corrected chi connectivity index (χ0v) is 21.6. The smallest absolute Gasteiger partial charge is 0.286 e. The maximum Gasteiger partial charge on any atom is 0.286 e. The quantitative estimate of drug-likeness (QED) is 0.408. The van der Waals surface area contributed by atoms with E-state index in [1.807, 2.05) is 6.07 Å². The molecule has 38 heavy (non-hydrogen) atoms. The number of hydrogen-bond acceptors (Lipinski definition) is 10. The molecular formula is C25H26FN7O4S. The lowest BCUT2D eigenvalue weighted by Crippen LogP contribution is -2.36. The molecule has 11 nitrogen and oxygen atoms in total. The number of halogens is 1. The number of carbonyl (C=O) groups excluding carboxylic acids is 1. The number of ether oxygens (including phenoxy) is 1. The molecule has 13 heteroatoms. The fourth-order valence-electron chi connectivity index (χ4n) is 4.66. The van der Waals surface area contributed by atoms with Crippen LogP contribution in [0.5, 0.6) is 0 Å². The Morgan fingerprint density at radius 3 is 2.61 bits per heavy atom. The summed E-state index contributed by atoms with van der Waals surface area (Å²) in [6.07, 6.45) is 5.87. The molecule has 0 spiro atoms. The molecule has 1 amide bonds. The third-order valence-corrected chi connectivity index (χ3v) is 7.71. The van der Waals surface area contributed by atoms with Crippen molar-refractivity contribution in [3.63, 3.8) is 0 Å². The highest BCUT2D eigenvalue weighted by Crippen LogP contribution is 2.35. The van der Waals surface area contributed by atoms with Crippen molar-refractivity contribution in [1.82, 2.24) is 19.5 Å². The second-order valence-electron chi connectivity index (χ2n) is 9.31. The first kappa shape index (κ1) is 24.5. The summed E-state index contributed by atoms with van der Waals surface area (Å²) in [7, 11) is 1.43. The van der Waals surface area contributed by atoms with Crippen LogP contribution in [0.15, 0.2) is 33.8 Å². The van der Waals surface area contributed by atoms with Crippen LogP contribution in [0.2, 0.25) is 0 Å². The second kappa shape index (κ2) is 10.1. The summed E-state index contributed by atoms with van der Waals surface area (Å²) in [5.74, 6) is -0.705. The van der Waals surface area contributed by atoms with Gasteiger partial charge in [0.25, 0.3) is 11.5 Å². The van der Waals surface area contributed by atoms with Gasteiger partial charge in [0.15, 0.2) is 28.1 Å². The summed E-state index contributed by atoms with van der Waals surface area (Å²) in [6.45, 7) is 4.56. The first-order valence-corrected chi connectivity index (χ1v) is 13.3. The zero-order chi connectivity index (χ0) is 26.2. The fourth-order valence-corrected chi connectivity index (χ4v) is 5.66. The molecule has 0 unspecified atom stereocenters. The van der Waals surface area contributed by atoms with Crippen LogP contribution in [0, 0.1) is 5.82 Å². The summed E-state index contributed by atoms with van der Waals surface area (Å²) >= 11 is 1.53. The van der Waals surface area contributed by atoms with Crippen LogP contribution < -0.4 is 20.7 Å². The molecule has 0 aliphatic carbocycles. The molecule has 4 aromatic heterocycles. The summed E-state index contributed by atoms with van der Waals surface area (Å²) in [6, 6.07) is 2.95. The SMILES string of the molecule is Cn1cc(-c2nc(C(=O)Nc3cc4sc(N5CCOCC5)nc4nc3N3CCCCC3)co2)cc(F)c1=O. The van der Waals surface area contributed by atoms with Crippen molar-refractivity contribution >= 4 is 44.2 Å². The van der Waals surface area contributed by atoms with Crippen molar-refractivity contribution in [3.05, 3.63) is 46.5 Å². The predicted octanol–water partition coefficient (Wildman–Crippen LogP) is 3.26. The number of morpholine rings is 1. The van der Waals surface area contributed by atoms with E-state index in [0.29, 0.717) is 30.4 Å². The third-order valence-electron chi connectivity index (χ3n) is 6.66. The van der Waals surface area contributed by atoms with Gasteiger partial charge in [-0.2, -0.15) is 4.98 Å². The van der Waals surface area contributed by atoms with Crippen molar-refractivity contribution < 1.29 is 18.3 Å². The Hall–Kier alpha value is -3.84.